The molecule has 7 aromatic rings. The average Bonchev–Trinajstić information content (AvgIpc) is 3.92. The number of carbonyl (C=O) groups is 1. The maximum absolute atomic E-state index is 15.7. The number of rotatable bonds is 10. The molecule has 0 bridgehead atoms. The van der Waals surface area contributed by atoms with Crippen LogP contribution in [0.2, 0.25) is 0 Å². The molecule has 22 heteroatoms. The van der Waals surface area contributed by atoms with Gasteiger partial charge in [-0.3, -0.25) is 18.9 Å². The molecule has 1 fully saturated rings. The van der Waals surface area contributed by atoms with Gasteiger partial charge in [-0.25, -0.2) is 32.2 Å². The second-order valence-electron chi connectivity index (χ2n) is 15.0. The van der Waals surface area contributed by atoms with Crippen LogP contribution in [0.25, 0.3) is 43.1 Å². The Balaban J connectivity index is 1.21. The fraction of sp³-hybridized carbons (Fsp3) is 0.316. The molecular weight excluding hydrogens is 842 g/mol. The van der Waals surface area contributed by atoms with E-state index < -0.39 is 81.0 Å². The van der Waals surface area contributed by atoms with E-state index in [2.05, 4.69) is 30.2 Å². The van der Waals surface area contributed by atoms with Crippen LogP contribution < -0.4 is 10.0 Å². The van der Waals surface area contributed by atoms with Gasteiger partial charge in [-0.15, -0.1) is 11.3 Å². The summed E-state index contributed by atoms with van der Waals surface area (Å²) in [6.07, 6.45) is -1.02. The van der Waals surface area contributed by atoms with Gasteiger partial charge >= 0.3 is 6.18 Å². The number of benzene rings is 2. The predicted octanol–water partition coefficient (Wildman–Crippen LogP) is 7.21. The Hall–Kier alpha value is -5.90. The number of alkyl halides is 5. The van der Waals surface area contributed by atoms with Crippen LogP contribution in [0.15, 0.2) is 55.0 Å². The number of aromatic nitrogens is 8. The summed E-state index contributed by atoms with van der Waals surface area (Å²) in [5.41, 5.74) is -1.10. The Labute approximate surface area is 339 Å². The second-order valence-corrected chi connectivity index (χ2v) is 17.8. The number of hydrogen-bond donors (Lipinski definition) is 2. The molecule has 5 heterocycles. The summed E-state index contributed by atoms with van der Waals surface area (Å²) in [7, 11) is -0.437. The zero-order valence-electron chi connectivity index (χ0n) is 31.5. The molecule has 13 nitrogen and oxygen atoms in total. The smallest absolute Gasteiger partial charge is 0.346 e. The molecule has 2 N–H and O–H groups in total. The van der Waals surface area contributed by atoms with E-state index in [0.29, 0.717) is 48.2 Å². The minimum absolute atomic E-state index is 0.00688. The SMILES string of the molecule is Cn1cnc(-c2nc3nc(C(Cc4cc(F)cc(F)c4)NC(=O)Cn4nc(C(F)(F)F)c5c4C(F)(F)[C@@H]4CC[C@H]54)c(-c4cccc5c(NS(C)(=O)=O)nn(C)c45)cc3s2)c1. The Morgan fingerprint density at radius 3 is 2.43 bits per heavy atom. The molecule has 1 amide bonds. The number of anilines is 1. The summed E-state index contributed by atoms with van der Waals surface area (Å²) in [6.45, 7) is -1.06. The molecule has 9 rings (SSSR count). The monoisotopic (exact) mass is 872 g/mol. The van der Waals surface area contributed by atoms with Crippen LogP contribution in [0.4, 0.5) is 36.6 Å². The zero-order valence-corrected chi connectivity index (χ0v) is 33.2. The normalized spacial score (nSPS) is 17.8. The second kappa shape index (κ2) is 13.8. The summed E-state index contributed by atoms with van der Waals surface area (Å²) in [4.78, 5) is 28.0. The highest BCUT2D eigenvalue weighted by atomic mass is 32.2. The van der Waals surface area contributed by atoms with Gasteiger partial charge in [-0.2, -0.15) is 32.1 Å². The quantitative estimate of drug-likeness (QED) is 0.137. The zero-order chi connectivity index (χ0) is 42.6. The van der Waals surface area contributed by atoms with Gasteiger partial charge in [0.15, 0.2) is 17.2 Å². The number of hydrogen-bond acceptors (Lipinski definition) is 9. The molecule has 0 radical (unpaired) electrons. The molecule has 1 saturated carbocycles. The standard InChI is InChI=1S/C38H31F7N10O3S2/c1-53-14-26(46-16-53)36-49-35-27(59-36)13-23(20-5-4-6-22-31(20)54(2)51-34(22)52-60(3,57)58)30(48-35)25(11-17-9-18(39)12-19(40)10-17)47-28(56)15-55-33-29(32(50-55)38(43,44)45)21-7-8-24(21)37(33,41)42/h4-6,9-10,12-14,16,21,24-25H,7-8,11,15H2,1-3H3,(H,47,56)(H,51,52)/t21-,24+,25?/m0/s1. The summed E-state index contributed by atoms with van der Waals surface area (Å²) in [6, 6.07) is 8.03. The topological polar surface area (TPSA) is 155 Å². The maximum Gasteiger partial charge on any atom is 0.435 e. The molecule has 312 valence electrons. The first-order valence-electron chi connectivity index (χ1n) is 18.3. The number of carbonyl (C=O) groups excluding carboxylic acids is 1. The fourth-order valence-electron chi connectivity index (χ4n) is 8.31. The van der Waals surface area contributed by atoms with Gasteiger partial charge in [0.05, 0.1) is 34.5 Å². The molecule has 2 aromatic carbocycles. The number of halogens is 7. The summed E-state index contributed by atoms with van der Waals surface area (Å²) in [5, 5.41) is 11.4. The van der Waals surface area contributed by atoms with Gasteiger partial charge in [-0.05, 0) is 55.0 Å². The first-order chi connectivity index (χ1) is 28.2. The van der Waals surface area contributed by atoms with Crippen molar-refractivity contribution < 1.29 is 43.9 Å². The van der Waals surface area contributed by atoms with Gasteiger partial charge in [0.2, 0.25) is 15.9 Å². The third-order valence-corrected chi connectivity index (χ3v) is 12.4. The lowest BCUT2D eigenvalue weighted by Crippen LogP contribution is -2.36. The van der Waals surface area contributed by atoms with E-state index in [1.165, 1.54) is 16.0 Å². The number of thiazole rings is 1. The van der Waals surface area contributed by atoms with Crippen LogP contribution >= 0.6 is 11.3 Å². The number of sulfonamides is 1. The van der Waals surface area contributed by atoms with Crippen molar-refractivity contribution in [1.29, 1.82) is 0 Å². The number of para-hydroxylation sites is 1. The third kappa shape index (κ3) is 6.83. The summed E-state index contributed by atoms with van der Waals surface area (Å²) < 4.78 is 134. The van der Waals surface area contributed by atoms with E-state index in [1.54, 1.807) is 55.5 Å². The van der Waals surface area contributed by atoms with E-state index in [-0.39, 0.29) is 42.0 Å². The van der Waals surface area contributed by atoms with Crippen molar-refractivity contribution >= 4 is 54.3 Å². The average molecular weight is 873 g/mol. The Kier molecular flexibility index (Phi) is 9.12. The fourth-order valence-corrected chi connectivity index (χ4v) is 9.72. The Morgan fingerprint density at radius 1 is 1.03 bits per heavy atom. The van der Waals surface area contributed by atoms with Crippen molar-refractivity contribution in [3.8, 4) is 21.8 Å². The van der Waals surface area contributed by atoms with Crippen molar-refractivity contribution in [1.82, 2.24) is 44.4 Å². The molecule has 2 aliphatic rings. The molecule has 1 unspecified atom stereocenters. The lowest BCUT2D eigenvalue weighted by atomic mass is 9.73. The minimum Gasteiger partial charge on any atom is -0.346 e. The highest BCUT2D eigenvalue weighted by Gasteiger charge is 2.63. The number of fused-ring (bicyclic) bond motifs is 5. The van der Waals surface area contributed by atoms with Gasteiger partial charge < -0.3 is 9.88 Å². The Bertz CT molecular complexity index is 2990. The first-order valence-corrected chi connectivity index (χ1v) is 21.0. The van der Waals surface area contributed by atoms with Crippen LogP contribution in [-0.2, 0) is 54.0 Å². The van der Waals surface area contributed by atoms with E-state index >= 15 is 8.78 Å². The van der Waals surface area contributed by atoms with E-state index in [0.717, 1.165) is 18.4 Å². The lowest BCUT2D eigenvalue weighted by Gasteiger charge is -2.34. The number of pyridine rings is 1. The molecular formula is C38H31F7N10O3S2. The molecule has 3 atom stereocenters. The third-order valence-electron chi connectivity index (χ3n) is 10.8. The van der Waals surface area contributed by atoms with Crippen molar-refractivity contribution in [2.75, 3.05) is 11.0 Å². The van der Waals surface area contributed by atoms with Crippen LogP contribution in [0.5, 0.6) is 0 Å². The van der Waals surface area contributed by atoms with E-state index in [9.17, 15) is 35.2 Å². The molecule has 0 aliphatic heterocycles. The molecule has 2 aliphatic carbocycles. The number of aryl methyl sites for hydroxylation is 2. The molecule has 5 aromatic heterocycles. The van der Waals surface area contributed by atoms with Gasteiger partial charge in [0.25, 0.3) is 5.92 Å². The van der Waals surface area contributed by atoms with Gasteiger partial charge in [0.1, 0.15) is 34.6 Å². The summed E-state index contributed by atoms with van der Waals surface area (Å²) >= 11 is 1.24. The largest absolute Gasteiger partial charge is 0.435 e. The van der Waals surface area contributed by atoms with Crippen LogP contribution in [0, 0.1) is 17.6 Å². The highest BCUT2D eigenvalue weighted by Crippen LogP contribution is 2.64. The van der Waals surface area contributed by atoms with Crippen molar-refractivity contribution in [2.45, 2.75) is 49.9 Å². The van der Waals surface area contributed by atoms with Crippen LogP contribution in [0.1, 0.15) is 53.0 Å². The van der Waals surface area contributed by atoms with Crippen molar-refractivity contribution in [2.24, 2.45) is 20.0 Å². The lowest BCUT2D eigenvalue weighted by molar-refractivity contribution is -0.144. The van der Waals surface area contributed by atoms with Crippen molar-refractivity contribution in [3.63, 3.8) is 0 Å². The number of imidazole rings is 1. The summed E-state index contributed by atoms with van der Waals surface area (Å²) in [5.74, 6) is -9.01. The van der Waals surface area contributed by atoms with E-state index in [1.807, 2.05) is 0 Å². The van der Waals surface area contributed by atoms with E-state index in [4.69, 9.17) is 4.98 Å². The number of amides is 1. The van der Waals surface area contributed by atoms with Crippen LogP contribution in [-0.4, -0.2) is 59.7 Å². The first kappa shape index (κ1) is 39.6. The number of nitrogens with one attached hydrogen (secondary N) is 2. The predicted molar refractivity (Wildman–Crippen MR) is 205 cm³/mol. The van der Waals surface area contributed by atoms with Crippen molar-refractivity contribution in [3.05, 3.63) is 94.8 Å². The highest BCUT2D eigenvalue weighted by molar-refractivity contribution is 7.92. The van der Waals surface area contributed by atoms with Gasteiger partial charge in [-0.1, -0.05) is 12.1 Å². The molecule has 0 saturated heterocycles. The molecule has 60 heavy (non-hydrogen) atoms. The number of nitrogens with zero attached hydrogens (tertiary/aromatic N) is 8. The van der Waals surface area contributed by atoms with Crippen LogP contribution in [0.3, 0.4) is 0 Å². The minimum atomic E-state index is -5.07. The van der Waals surface area contributed by atoms with Gasteiger partial charge in [0, 0.05) is 54.4 Å². The molecule has 0 spiro atoms. The Morgan fingerprint density at radius 2 is 1.78 bits per heavy atom. The maximum atomic E-state index is 15.7.